The molecule has 114 valence electrons. The van der Waals surface area contributed by atoms with Crippen LogP contribution in [0, 0.1) is 0 Å². The van der Waals surface area contributed by atoms with Crippen molar-refractivity contribution >= 4 is 5.69 Å². The molecule has 0 saturated carbocycles. The van der Waals surface area contributed by atoms with Crippen LogP contribution in [0.25, 0.3) is 11.3 Å². The molecule has 0 aliphatic heterocycles. The van der Waals surface area contributed by atoms with E-state index in [1.165, 1.54) is 0 Å². The lowest BCUT2D eigenvalue weighted by Gasteiger charge is -2.09. The van der Waals surface area contributed by atoms with Gasteiger partial charge in [-0.3, -0.25) is 4.98 Å². The number of nitrogens with one attached hydrogen (secondary N) is 2. The van der Waals surface area contributed by atoms with E-state index in [9.17, 15) is 0 Å². The molecule has 22 heavy (non-hydrogen) atoms. The standard InChI is InChI=1S/C17H21N5/c1-4-7-19-13(2)10-14(3)21-16-11-17(22-20-12-16)15-5-8-18-9-6-15/h5-6,8-12,19H,3-4,7H2,1-2H3,(H,21,22)/b13-10-. The van der Waals surface area contributed by atoms with Crippen LogP contribution < -0.4 is 10.6 Å². The molecule has 0 bridgehead atoms. The summed E-state index contributed by atoms with van der Waals surface area (Å²) in [7, 11) is 0. The van der Waals surface area contributed by atoms with Crippen LogP contribution in [0.15, 0.2) is 60.8 Å². The highest BCUT2D eigenvalue weighted by Gasteiger charge is 2.02. The van der Waals surface area contributed by atoms with Crippen LogP contribution in [0.1, 0.15) is 20.3 Å². The topological polar surface area (TPSA) is 62.7 Å². The van der Waals surface area contributed by atoms with E-state index >= 15 is 0 Å². The molecule has 0 fully saturated rings. The fraction of sp³-hybridized carbons (Fsp3) is 0.235. The van der Waals surface area contributed by atoms with E-state index in [4.69, 9.17) is 0 Å². The first-order chi connectivity index (χ1) is 10.7. The normalized spacial score (nSPS) is 11.1. The first-order valence-electron chi connectivity index (χ1n) is 7.30. The molecule has 0 aliphatic rings. The molecule has 0 spiro atoms. The molecular formula is C17H21N5. The van der Waals surface area contributed by atoms with Crippen molar-refractivity contribution in [2.75, 3.05) is 11.9 Å². The quantitative estimate of drug-likeness (QED) is 0.767. The summed E-state index contributed by atoms with van der Waals surface area (Å²) in [5.41, 5.74) is 4.51. The molecule has 0 amide bonds. The van der Waals surface area contributed by atoms with Crippen molar-refractivity contribution in [3.8, 4) is 11.3 Å². The van der Waals surface area contributed by atoms with Gasteiger partial charge in [-0.1, -0.05) is 13.5 Å². The summed E-state index contributed by atoms with van der Waals surface area (Å²) in [4.78, 5) is 4.01. The molecular weight excluding hydrogens is 274 g/mol. The average molecular weight is 295 g/mol. The van der Waals surface area contributed by atoms with E-state index in [0.29, 0.717) is 0 Å². The first kappa shape index (κ1) is 15.7. The zero-order chi connectivity index (χ0) is 15.8. The van der Waals surface area contributed by atoms with Crippen molar-refractivity contribution in [2.45, 2.75) is 20.3 Å². The maximum atomic E-state index is 4.14. The van der Waals surface area contributed by atoms with Gasteiger partial charge in [-0.15, -0.1) is 0 Å². The van der Waals surface area contributed by atoms with Crippen molar-refractivity contribution < 1.29 is 0 Å². The van der Waals surface area contributed by atoms with Gasteiger partial charge in [-0.2, -0.15) is 10.2 Å². The van der Waals surface area contributed by atoms with Gasteiger partial charge in [-0.05, 0) is 37.6 Å². The Kier molecular flexibility index (Phi) is 5.65. The summed E-state index contributed by atoms with van der Waals surface area (Å²) in [6.45, 7) is 9.13. The first-order valence-corrected chi connectivity index (χ1v) is 7.30. The summed E-state index contributed by atoms with van der Waals surface area (Å²) in [6, 6.07) is 5.75. The summed E-state index contributed by atoms with van der Waals surface area (Å²) < 4.78 is 0. The van der Waals surface area contributed by atoms with Gasteiger partial charge in [0.1, 0.15) is 0 Å². The van der Waals surface area contributed by atoms with Crippen LogP contribution in [0.3, 0.4) is 0 Å². The third-order valence-corrected chi connectivity index (χ3v) is 2.98. The second-order valence-electron chi connectivity index (χ2n) is 4.97. The van der Waals surface area contributed by atoms with E-state index in [1.54, 1.807) is 18.6 Å². The van der Waals surface area contributed by atoms with Crippen LogP contribution in [0.2, 0.25) is 0 Å². The molecule has 5 heteroatoms. The Bertz CT molecular complexity index is 649. The lowest BCUT2D eigenvalue weighted by atomic mass is 10.2. The Balaban J connectivity index is 2.06. The monoisotopic (exact) mass is 295 g/mol. The Morgan fingerprint density at radius 2 is 2.09 bits per heavy atom. The summed E-state index contributed by atoms with van der Waals surface area (Å²) in [5.74, 6) is 0. The van der Waals surface area contributed by atoms with Gasteiger partial charge < -0.3 is 10.6 Å². The third kappa shape index (κ3) is 4.70. The van der Waals surface area contributed by atoms with Gasteiger partial charge >= 0.3 is 0 Å². The largest absolute Gasteiger partial charge is 0.389 e. The zero-order valence-corrected chi connectivity index (χ0v) is 13.0. The van der Waals surface area contributed by atoms with Crippen molar-refractivity contribution in [1.82, 2.24) is 20.5 Å². The molecule has 2 aromatic rings. The number of nitrogens with zero attached hydrogens (tertiary/aromatic N) is 3. The Labute approximate surface area is 131 Å². The van der Waals surface area contributed by atoms with E-state index < -0.39 is 0 Å². The second kappa shape index (κ2) is 7.93. The number of aromatic nitrogens is 3. The van der Waals surface area contributed by atoms with Gasteiger partial charge in [-0.25, -0.2) is 0 Å². The van der Waals surface area contributed by atoms with E-state index in [0.717, 1.165) is 41.3 Å². The number of hydrogen-bond acceptors (Lipinski definition) is 5. The number of rotatable bonds is 7. The fourth-order valence-electron chi connectivity index (χ4n) is 1.95. The van der Waals surface area contributed by atoms with Gasteiger partial charge in [0.15, 0.2) is 0 Å². The van der Waals surface area contributed by atoms with Crippen LogP contribution in [0.5, 0.6) is 0 Å². The Morgan fingerprint density at radius 3 is 2.82 bits per heavy atom. The predicted molar refractivity (Wildman–Crippen MR) is 90.1 cm³/mol. The van der Waals surface area contributed by atoms with Gasteiger partial charge in [0.25, 0.3) is 0 Å². The lowest BCUT2D eigenvalue weighted by molar-refractivity contribution is 0.769. The molecule has 2 rings (SSSR count). The van der Waals surface area contributed by atoms with Gasteiger partial charge in [0.05, 0.1) is 17.6 Å². The van der Waals surface area contributed by atoms with Crippen molar-refractivity contribution in [3.05, 3.63) is 60.8 Å². The minimum atomic E-state index is 0.796. The van der Waals surface area contributed by atoms with E-state index in [1.807, 2.05) is 31.2 Å². The molecule has 0 aliphatic carbocycles. The van der Waals surface area contributed by atoms with E-state index in [2.05, 4.69) is 39.3 Å². The SMILES string of the molecule is C=C(/C=C(/C)NCCC)Nc1cnnc(-c2ccncc2)c1. The Hall–Kier alpha value is -2.69. The lowest BCUT2D eigenvalue weighted by Crippen LogP contribution is -2.12. The van der Waals surface area contributed by atoms with Gasteiger partial charge in [0.2, 0.25) is 0 Å². The number of allylic oxidation sites excluding steroid dienone is 2. The van der Waals surface area contributed by atoms with Crippen LogP contribution in [-0.2, 0) is 0 Å². The highest BCUT2D eigenvalue weighted by Crippen LogP contribution is 2.19. The van der Waals surface area contributed by atoms with Crippen LogP contribution in [-0.4, -0.2) is 21.7 Å². The molecule has 0 atom stereocenters. The molecule has 5 nitrogen and oxygen atoms in total. The molecule has 2 N–H and O–H groups in total. The fourth-order valence-corrected chi connectivity index (χ4v) is 1.95. The maximum Gasteiger partial charge on any atom is 0.0951 e. The number of pyridine rings is 1. The van der Waals surface area contributed by atoms with E-state index in [-0.39, 0.29) is 0 Å². The Morgan fingerprint density at radius 1 is 1.32 bits per heavy atom. The summed E-state index contributed by atoms with van der Waals surface area (Å²) in [5, 5.41) is 14.7. The number of hydrogen-bond donors (Lipinski definition) is 2. The summed E-state index contributed by atoms with van der Waals surface area (Å²) >= 11 is 0. The average Bonchev–Trinajstić information content (AvgIpc) is 2.54. The van der Waals surface area contributed by atoms with Crippen molar-refractivity contribution in [1.29, 1.82) is 0 Å². The second-order valence-corrected chi connectivity index (χ2v) is 4.97. The minimum Gasteiger partial charge on any atom is -0.389 e. The third-order valence-electron chi connectivity index (χ3n) is 2.98. The van der Waals surface area contributed by atoms with Crippen molar-refractivity contribution in [2.24, 2.45) is 0 Å². The highest BCUT2D eigenvalue weighted by molar-refractivity contribution is 5.63. The van der Waals surface area contributed by atoms with Crippen molar-refractivity contribution in [3.63, 3.8) is 0 Å². The van der Waals surface area contributed by atoms with Crippen LogP contribution >= 0.6 is 0 Å². The maximum absolute atomic E-state index is 4.14. The van der Waals surface area contributed by atoms with Gasteiger partial charge in [0, 0.05) is 35.9 Å². The molecule has 0 unspecified atom stereocenters. The molecule has 2 heterocycles. The zero-order valence-electron chi connectivity index (χ0n) is 13.0. The smallest absolute Gasteiger partial charge is 0.0951 e. The summed E-state index contributed by atoms with van der Waals surface area (Å²) in [6.07, 6.45) is 8.22. The molecule has 0 aromatic carbocycles. The van der Waals surface area contributed by atoms with Crippen LogP contribution in [0.4, 0.5) is 5.69 Å². The molecule has 0 radical (unpaired) electrons. The highest BCUT2D eigenvalue weighted by atomic mass is 15.1. The molecule has 2 aromatic heterocycles. The predicted octanol–water partition coefficient (Wildman–Crippen LogP) is 3.37. The molecule has 0 saturated heterocycles. The number of anilines is 1. The minimum absolute atomic E-state index is 0.796.